The van der Waals surface area contributed by atoms with Crippen LogP contribution in [-0.2, 0) is 9.63 Å². The molecule has 1 amide bonds. The van der Waals surface area contributed by atoms with Crippen LogP contribution in [0.5, 0.6) is 0 Å². The number of hydrogen-bond donors (Lipinski definition) is 1. The standard InChI is InChI=1S/C15H17N3O2/c1-2-6-12(10-16)17-15(19)13-9-14(20-18-13)11-7-4-3-5-8-11/h3-5,7-8,12,14H,2,6,9H2,1H3,(H,17,19)/t12-,14+/m0/s1. The first-order valence-corrected chi connectivity index (χ1v) is 6.72. The van der Waals surface area contributed by atoms with E-state index in [1.807, 2.05) is 37.3 Å². The van der Waals surface area contributed by atoms with E-state index in [1.54, 1.807) is 0 Å². The fourth-order valence-corrected chi connectivity index (χ4v) is 2.06. The highest BCUT2D eigenvalue weighted by Crippen LogP contribution is 2.26. The van der Waals surface area contributed by atoms with Crippen molar-refractivity contribution in [2.24, 2.45) is 5.16 Å². The van der Waals surface area contributed by atoms with E-state index in [1.165, 1.54) is 0 Å². The Labute approximate surface area is 118 Å². The number of carbonyl (C=O) groups is 1. The molecular formula is C15H17N3O2. The van der Waals surface area contributed by atoms with Crippen LogP contribution in [0.1, 0.15) is 37.9 Å². The molecule has 1 aromatic rings. The molecule has 0 aromatic heterocycles. The van der Waals surface area contributed by atoms with E-state index in [-0.39, 0.29) is 12.0 Å². The molecule has 2 atom stereocenters. The molecule has 1 heterocycles. The Kier molecular flexibility index (Phi) is 4.72. The molecule has 1 aliphatic rings. The second-order valence-electron chi connectivity index (χ2n) is 4.69. The first-order chi connectivity index (χ1) is 9.74. The van der Waals surface area contributed by atoms with Crippen molar-refractivity contribution < 1.29 is 9.63 Å². The van der Waals surface area contributed by atoms with Crippen molar-refractivity contribution in [3.63, 3.8) is 0 Å². The lowest BCUT2D eigenvalue weighted by molar-refractivity contribution is -0.115. The summed E-state index contributed by atoms with van der Waals surface area (Å²) < 4.78 is 0. The summed E-state index contributed by atoms with van der Waals surface area (Å²) in [6, 6.07) is 11.3. The number of nitrogens with zero attached hydrogens (tertiary/aromatic N) is 2. The molecule has 5 nitrogen and oxygen atoms in total. The summed E-state index contributed by atoms with van der Waals surface area (Å²) in [6.07, 6.45) is 1.69. The molecule has 0 saturated heterocycles. The third kappa shape index (κ3) is 3.35. The van der Waals surface area contributed by atoms with Crippen LogP contribution in [0.15, 0.2) is 35.5 Å². The number of amides is 1. The highest BCUT2D eigenvalue weighted by molar-refractivity contribution is 6.39. The van der Waals surface area contributed by atoms with Gasteiger partial charge >= 0.3 is 0 Å². The van der Waals surface area contributed by atoms with Gasteiger partial charge in [-0.15, -0.1) is 0 Å². The molecule has 0 fully saturated rings. The third-order valence-electron chi connectivity index (χ3n) is 3.14. The van der Waals surface area contributed by atoms with E-state index in [0.717, 1.165) is 12.0 Å². The smallest absolute Gasteiger partial charge is 0.270 e. The normalized spacial score (nSPS) is 18.6. The molecule has 1 aromatic carbocycles. The Bertz CT molecular complexity index is 534. The molecule has 0 bridgehead atoms. The van der Waals surface area contributed by atoms with Gasteiger partial charge in [-0.25, -0.2) is 0 Å². The fourth-order valence-electron chi connectivity index (χ4n) is 2.06. The van der Waals surface area contributed by atoms with Gasteiger partial charge in [0.15, 0.2) is 6.10 Å². The minimum absolute atomic E-state index is 0.219. The lowest BCUT2D eigenvalue weighted by Gasteiger charge is -2.10. The summed E-state index contributed by atoms with van der Waals surface area (Å²) in [7, 11) is 0. The second kappa shape index (κ2) is 6.71. The molecule has 104 valence electrons. The molecule has 0 saturated carbocycles. The van der Waals surface area contributed by atoms with E-state index < -0.39 is 6.04 Å². The predicted octanol–water partition coefficient (Wildman–Crippen LogP) is 2.31. The Balaban J connectivity index is 1.92. The summed E-state index contributed by atoms with van der Waals surface area (Å²) in [4.78, 5) is 17.3. The van der Waals surface area contributed by atoms with Gasteiger partial charge in [-0.05, 0) is 12.0 Å². The van der Waals surface area contributed by atoms with Gasteiger partial charge in [0, 0.05) is 6.42 Å². The molecule has 20 heavy (non-hydrogen) atoms. The lowest BCUT2D eigenvalue weighted by Crippen LogP contribution is -2.38. The maximum absolute atomic E-state index is 12.0. The maximum Gasteiger partial charge on any atom is 0.270 e. The van der Waals surface area contributed by atoms with Crippen LogP contribution in [0.3, 0.4) is 0 Å². The van der Waals surface area contributed by atoms with Crippen LogP contribution < -0.4 is 5.32 Å². The van der Waals surface area contributed by atoms with Crippen molar-refractivity contribution in [1.82, 2.24) is 5.32 Å². The zero-order chi connectivity index (χ0) is 14.4. The number of nitriles is 1. The predicted molar refractivity (Wildman–Crippen MR) is 74.8 cm³/mol. The average Bonchev–Trinajstić information content (AvgIpc) is 2.97. The lowest BCUT2D eigenvalue weighted by atomic mass is 10.0. The van der Waals surface area contributed by atoms with Gasteiger partial charge in [-0.3, -0.25) is 4.79 Å². The minimum atomic E-state index is -0.467. The molecule has 1 N–H and O–H groups in total. The van der Waals surface area contributed by atoms with Gasteiger partial charge in [0.2, 0.25) is 0 Å². The van der Waals surface area contributed by atoms with Gasteiger partial charge in [0.05, 0.1) is 6.07 Å². The Morgan fingerprint density at radius 2 is 2.30 bits per heavy atom. The van der Waals surface area contributed by atoms with E-state index >= 15 is 0 Å². The largest absolute Gasteiger partial charge is 0.387 e. The van der Waals surface area contributed by atoms with Gasteiger partial charge in [0.25, 0.3) is 5.91 Å². The topological polar surface area (TPSA) is 74.5 Å². The number of nitrogens with one attached hydrogen (secondary N) is 1. The minimum Gasteiger partial charge on any atom is -0.387 e. The van der Waals surface area contributed by atoms with Crippen LogP contribution in [0.25, 0.3) is 0 Å². The maximum atomic E-state index is 12.0. The first-order valence-electron chi connectivity index (χ1n) is 6.72. The molecular weight excluding hydrogens is 254 g/mol. The SMILES string of the molecule is CCC[C@@H](C#N)NC(=O)C1=NO[C@@H](c2ccccc2)C1. The number of benzene rings is 1. The highest BCUT2D eigenvalue weighted by atomic mass is 16.6. The summed E-state index contributed by atoms with van der Waals surface area (Å²) >= 11 is 0. The first kappa shape index (κ1) is 14.1. The second-order valence-corrected chi connectivity index (χ2v) is 4.69. The van der Waals surface area contributed by atoms with Crippen LogP contribution in [0.4, 0.5) is 0 Å². The van der Waals surface area contributed by atoms with Crippen LogP contribution >= 0.6 is 0 Å². The van der Waals surface area contributed by atoms with Crippen molar-refractivity contribution in [2.75, 3.05) is 0 Å². The number of hydrogen-bond acceptors (Lipinski definition) is 4. The van der Waals surface area contributed by atoms with Crippen LogP contribution in [0, 0.1) is 11.3 Å². The third-order valence-corrected chi connectivity index (χ3v) is 3.14. The molecule has 0 radical (unpaired) electrons. The van der Waals surface area contributed by atoms with Crippen LogP contribution in [0.2, 0.25) is 0 Å². The molecule has 1 aliphatic heterocycles. The van der Waals surface area contributed by atoms with Crippen molar-refractivity contribution in [3.05, 3.63) is 35.9 Å². The van der Waals surface area contributed by atoms with Crippen LogP contribution in [-0.4, -0.2) is 17.7 Å². The zero-order valence-electron chi connectivity index (χ0n) is 11.4. The van der Waals surface area contributed by atoms with E-state index in [4.69, 9.17) is 10.1 Å². The molecule has 0 aliphatic carbocycles. The molecule has 0 unspecified atom stereocenters. The number of oxime groups is 1. The summed E-state index contributed by atoms with van der Waals surface area (Å²) in [5.41, 5.74) is 1.33. The fraction of sp³-hybridized carbons (Fsp3) is 0.400. The number of carbonyl (C=O) groups excluding carboxylic acids is 1. The Morgan fingerprint density at radius 3 is 2.95 bits per heavy atom. The quantitative estimate of drug-likeness (QED) is 0.893. The number of rotatable bonds is 5. The average molecular weight is 271 g/mol. The molecule has 0 spiro atoms. The van der Waals surface area contributed by atoms with Crippen molar-refractivity contribution in [1.29, 1.82) is 5.26 Å². The van der Waals surface area contributed by atoms with Crippen molar-refractivity contribution in [2.45, 2.75) is 38.3 Å². The van der Waals surface area contributed by atoms with E-state index in [9.17, 15) is 4.79 Å². The Morgan fingerprint density at radius 1 is 1.55 bits per heavy atom. The molecule has 2 rings (SSSR count). The molecule has 5 heteroatoms. The van der Waals surface area contributed by atoms with Gasteiger partial charge in [-0.2, -0.15) is 5.26 Å². The highest BCUT2D eigenvalue weighted by Gasteiger charge is 2.28. The van der Waals surface area contributed by atoms with Crippen molar-refractivity contribution >= 4 is 11.6 Å². The zero-order valence-corrected chi connectivity index (χ0v) is 11.4. The summed E-state index contributed by atoms with van der Waals surface area (Å²) in [5, 5.41) is 15.4. The monoisotopic (exact) mass is 271 g/mol. The Hall–Kier alpha value is -2.35. The summed E-state index contributed by atoms with van der Waals surface area (Å²) in [6.45, 7) is 1.97. The summed E-state index contributed by atoms with van der Waals surface area (Å²) in [5.74, 6) is -0.316. The van der Waals surface area contributed by atoms with E-state index in [2.05, 4.69) is 16.5 Å². The van der Waals surface area contributed by atoms with Crippen molar-refractivity contribution in [3.8, 4) is 6.07 Å². The van der Waals surface area contributed by atoms with E-state index in [0.29, 0.717) is 18.6 Å². The van der Waals surface area contributed by atoms with Gasteiger partial charge in [-0.1, -0.05) is 48.8 Å². The van der Waals surface area contributed by atoms with Gasteiger partial charge in [0.1, 0.15) is 11.8 Å². The van der Waals surface area contributed by atoms with Gasteiger partial charge < -0.3 is 10.2 Å².